The summed E-state index contributed by atoms with van der Waals surface area (Å²) < 4.78 is 0. The summed E-state index contributed by atoms with van der Waals surface area (Å²) in [5.74, 6) is 0.329. The fourth-order valence-corrected chi connectivity index (χ4v) is 2.74. The van der Waals surface area contributed by atoms with E-state index in [4.69, 9.17) is 0 Å². The molecule has 0 aliphatic rings. The highest BCUT2D eigenvalue weighted by molar-refractivity contribution is 5.75. The lowest BCUT2D eigenvalue weighted by Gasteiger charge is -2.18. The fourth-order valence-electron chi connectivity index (χ4n) is 2.74. The molecule has 3 heteroatoms. The molecular formula is C22H40N2O. The van der Waals surface area contributed by atoms with Gasteiger partial charge < -0.3 is 9.80 Å². The first-order chi connectivity index (χ1) is 12.0. The molecule has 1 aromatic rings. The van der Waals surface area contributed by atoms with Crippen LogP contribution in [-0.2, 0) is 11.3 Å². The Labute approximate surface area is 156 Å². The first-order valence-corrected chi connectivity index (χ1v) is 10.0. The maximum atomic E-state index is 11.6. The second-order valence-corrected chi connectivity index (χ2v) is 6.81. The number of unbranched alkanes of at least 4 members (excludes halogenated alkanes) is 5. The zero-order chi connectivity index (χ0) is 18.9. The summed E-state index contributed by atoms with van der Waals surface area (Å²) in [5, 5.41) is 0. The van der Waals surface area contributed by atoms with E-state index in [2.05, 4.69) is 50.2 Å². The van der Waals surface area contributed by atoms with Crippen LogP contribution in [0.4, 0.5) is 0 Å². The van der Waals surface area contributed by atoms with Crippen LogP contribution in [0.3, 0.4) is 0 Å². The molecule has 25 heavy (non-hydrogen) atoms. The third-order valence-electron chi connectivity index (χ3n) is 4.20. The smallest absolute Gasteiger partial charge is 0.222 e. The zero-order valence-electron chi connectivity index (χ0n) is 17.3. The van der Waals surface area contributed by atoms with E-state index in [-0.39, 0.29) is 0 Å². The Morgan fingerprint density at radius 3 is 1.92 bits per heavy atom. The van der Waals surface area contributed by atoms with E-state index in [1.165, 1.54) is 37.7 Å². The highest BCUT2D eigenvalue weighted by atomic mass is 16.2. The van der Waals surface area contributed by atoms with E-state index in [0.717, 1.165) is 32.5 Å². The molecule has 0 radical (unpaired) electrons. The van der Waals surface area contributed by atoms with Crippen LogP contribution in [0.1, 0.15) is 71.3 Å². The SMILES string of the molecule is CCCCCCCCC(=O)N(CC)CC.CN(C)Cc1ccccc1. The highest BCUT2D eigenvalue weighted by Gasteiger charge is 2.07. The summed E-state index contributed by atoms with van der Waals surface area (Å²) in [6.45, 7) is 9.05. The van der Waals surface area contributed by atoms with Crippen LogP contribution < -0.4 is 0 Å². The Bertz CT molecular complexity index is 413. The number of rotatable bonds is 11. The van der Waals surface area contributed by atoms with Crippen LogP contribution in [-0.4, -0.2) is 42.9 Å². The molecule has 0 saturated heterocycles. The minimum absolute atomic E-state index is 0.329. The third-order valence-corrected chi connectivity index (χ3v) is 4.20. The van der Waals surface area contributed by atoms with E-state index >= 15 is 0 Å². The lowest BCUT2D eigenvalue weighted by molar-refractivity contribution is -0.130. The summed E-state index contributed by atoms with van der Waals surface area (Å²) in [7, 11) is 4.15. The number of benzene rings is 1. The molecule has 0 fully saturated rings. The van der Waals surface area contributed by atoms with Gasteiger partial charge in [-0.2, -0.15) is 0 Å². The summed E-state index contributed by atoms with van der Waals surface area (Å²) >= 11 is 0. The minimum Gasteiger partial charge on any atom is -0.343 e. The second-order valence-electron chi connectivity index (χ2n) is 6.81. The van der Waals surface area contributed by atoms with E-state index in [1.54, 1.807) is 0 Å². The average molecular weight is 349 g/mol. The van der Waals surface area contributed by atoms with Crippen LogP contribution in [0.2, 0.25) is 0 Å². The normalized spacial score (nSPS) is 10.3. The van der Waals surface area contributed by atoms with Crippen molar-refractivity contribution in [3.8, 4) is 0 Å². The summed E-state index contributed by atoms with van der Waals surface area (Å²) in [4.78, 5) is 15.7. The van der Waals surface area contributed by atoms with Gasteiger partial charge in [0.05, 0.1) is 0 Å². The molecule has 0 aliphatic carbocycles. The van der Waals surface area contributed by atoms with Crippen LogP contribution in [0.5, 0.6) is 0 Å². The Morgan fingerprint density at radius 2 is 1.40 bits per heavy atom. The molecule has 1 amide bonds. The molecule has 0 heterocycles. The summed E-state index contributed by atoms with van der Waals surface area (Å²) in [6, 6.07) is 10.5. The van der Waals surface area contributed by atoms with Gasteiger partial charge in [0.1, 0.15) is 0 Å². The highest BCUT2D eigenvalue weighted by Crippen LogP contribution is 2.08. The van der Waals surface area contributed by atoms with Gasteiger partial charge in [0.15, 0.2) is 0 Å². The van der Waals surface area contributed by atoms with E-state index < -0.39 is 0 Å². The van der Waals surface area contributed by atoms with Gasteiger partial charge in [0.25, 0.3) is 0 Å². The van der Waals surface area contributed by atoms with Crippen molar-refractivity contribution in [2.45, 2.75) is 72.3 Å². The first kappa shape index (κ1) is 23.6. The van der Waals surface area contributed by atoms with Crippen molar-refractivity contribution in [1.82, 2.24) is 9.80 Å². The van der Waals surface area contributed by atoms with Gasteiger partial charge in [0.2, 0.25) is 5.91 Å². The number of carbonyl (C=O) groups excluding carboxylic acids is 1. The van der Waals surface area contributed by atoms with Crippen molar-refractivity contribution < 1.29 is 4.79 Å². The molecule has 3 nitrogen and oxygen atoms in total. The molecule has 144 valence electrons. The average Bonchev–Trinajstić information content (AvgIpc) is 2.60. The number of hydrogen-bond donors (Lipinski definition) is 0. The topological polar surface area (TPSA) is 23.6 Å². The standard InChI is InChI=1S/C13H27NO.C9H13N/c1-4-7-8-9-10-11-12-13(15)14(5-2)6-3;1-10(2)8-9-6-4-3-5-7-9/h4-12H2,1-3H3;3-7H,8H2,1-2H3. The van der Waals surface area contributed by atoms with Gasteiger partial charge in [-0.25, -0.2) is 0 Å². The minimum atomic E-state index is 0.329. The molecule has 0 aromatic heterocycles. The molecule has 1 aromatic carbocycles. The van der Waals surface area contributed by atoms with Gasteiger partial charge in [-0.05, 0) is 39.9 Å². The molecule has 0 spiro atoms. The van der Waals surface area contributed by atoms with Crippen LogP contribution in [0.15, 0.2) is 30.3 Å². The fraction of sp³-hybridized carbons (Fsp3) is 0.682. The molecule has 0 bridgehead atoms. The molecule has 0 aliphatic heterocycles. The molecule has 0 N–H and O–H groups in total. The quantitative estimate of drug-likeness (QED) is 0.503. The Kier molecular flexibility index (Phi) is 15.3. The monoisotopic (exact) mass is 348 g/mol. The van der Waals surface area contributed by atoms with Crippen LogP contribution in [0, 0.1) is 0 Å². The van der Waals surface area contributed by atoms with Gasteiger partial charge in [-0.3, -0.25) is 4.79 Å². The molecule has 0 saturated carbocycles. The van der Waals surface area contributed by atoms with Gasteiger partial charge in [0, 0.05) is 26.1 Å². The van der Waals surface area contributed by atoms with Crippen molar-refractivity contribution in [3.63, 3.8) is 0 Å². The maximum absolute atomic E-state index is 11.6. The first-order valence-electron chi connectivity index (χ1n) is 10.0. The van der Waals surface area contributed by atoms with Crippen molar-refractivity contribution >= 4 is 5.91 Å². The molecule has 0 unspecified atom stereocenters. The van der Waals surface area contributed by atoms with Crippen LogP contribution in [0.25, 0.3) is 0 Å². The lowest BCUT2D eigenvalue weighted by Crippen LogP contribution is -2.30. The zero-order valence-corrected chi connectivity index (χ0v) is 17.3. The molecule has 1 rings (SSSR count). The summed E-state index contributed by atoms with van der Waals surface area (Å²) in [6.07, 6.45) is 8.28. The predicted molar refractivity (Wildman–Crippen MR) is 110 cm³/mol. The number of hydrogen-bond acceptors (Lipinski definition) is 2. The molecule has 0 atom stereocenters. The van der Waals surface area contributed by atoms with Crippen molar-refractivity contribution in [2.75, 3.05) is 27.2 Å². The lowest BCUT2D eigenvalue weighted by atomic mass is 10.1. The predicted octanol–water partition coefficient (Wildman–Crippen LogP) is 5.35. The Morgan fingerprint density at radius 1 is 0.840 bits per heavy atom. The van der Waals surface area contributed by atoms with Crippen molar-refractivity contribution in [3.05, 3.63) is 35.9 Å². The molecular weight excluding hydrogens is 308 g/mol. The van der Waals surface area contributed by atoms with Crippen molar-refractivity contribution in [2.24, 2.45) is 0 Å². The van der Waals surface area contributed by atoms with E-state index in [9.17, 15) is 4.79 Å². The number of amides is 1. The Balaban J connectivity index is 0.000000496. The number of nitrogens with zero attached hydrogens (tertiary/aromatic N) is 2. The number of carbonyl (C=O) groups is 1. The van der Waals surface area contributed by atoms with E-state index in [1.807, 2.05) is 24.8 Å². The Hall–Kier alpha value is -1.35. The van der Waals surface area contributed by atoms with Gasteiger partial charge in [-0.15, -0.1) is 0 Å². The third kappa shape index (κ3) is 13.6. The van der Waals surface area contributed by atoms with Crippen molar-refractivity contribution in [1.29, 1.82) is 0 Å². The van der Waals surface area contributed by atoms with Crippen LogP contribution >= 0.6 is 0 Å². The van der Waals surface area contributed by atoms with Gasteiger partial charge >= 0.3 is 0 Å². The second kappa shape index (κ2) is 16.1. The van der Waals surface area contributed by atoms with Gasteiger partial charge in [-0.1, -0.05) is 69.4 Å². The van der Waals surface area contributed by atoms with E-state index in [0.29, 0.717) is 5.91 Å². The maximum Gasteiger partial charge on any atom is 0.222 e. The largest absolute Gasteiger partial charge is 0.343 e. The summed E-state index contributed by atoms with van der Waals surface area (Å²) in [5.41, 5.74) is 1.37.